The van der Waals surface area contributed by atoms with E-state index in [0.717, 1.165) is 4.47 Å². The normalized spacial score (nSPS) is 10.7. The van der Waals surface area contributed by atoms with E-state index in [-0.39, 0.29) is 0 Å². The molecule has 5 nitrogen and oxygen atoms in total. The van der Waals surface area contributed by atoms with Crippen molar-refractivity contribution >= 4 is 28.3 Å². The highest BCUT2D eigenvalue weighted by Gasteiger charge is 2.15. The number of ether oxygens (including phenoxy) is 1. The van der Waals surface area contributed by atoms with Crippen molar-refractivity contribution in [3.05, 3.63) is 34.3 Å². The number of carbonyl (C=O) groups excluding carboxylic acids is 2. The van der Waals surface area contributed by atoms with Gasteiger partial charge in [0.05, 0.1) is 13.7 Å². The summed E-state index contributed by atoms with van der Waals surface area (Å²) in [4.78, 5) is 20.3. The van der Waals surface area contributed by atoms with E-state index in [9.17, 15) is 9.59 Å². The number of aliphatic hydroxyl groups is 1. The summed E-state index contributed by atoms with van der Waals surface area (Å²) >= 11 is 3.36. The van der Waals surface area contributed by atoms with Crippen LogP contribution in [0.1, 0.15) is 5.56 Å². The smallest absolute Gasteiger partial charge is 0.330 e. The van der Waals surface area contributed by atoms with Crippen LogP contribution in [-0.4, -0.2) is 37.2 Å². The summed E-state index contributed by atoms with van der Waals surface area (Å²) in [5.74, 6) is -0.658. The van der Waals surface area contributed by atoms with Gasteiger partial charge in [0.25, 0.3) is 0 Å². The van der Waals surface area contributed by atoms with Crippen LogP contribution in [0, 0.1) is 6.92 Å². The molecule has 0 unspecified atom stereocenters. The van der Waals surface area contributed by atoms with Crippen molar-refractivity contribution in [2.75, 3.05) is 13.7 Å². The number of aliphatic hydroxyl groups excluding tert-OH is 1. The van der Waals surface area contributed by atoms with E-state index < -0.39 is 18.6 Å². The molecule has 2 N–H and O–H groups in total. The van der Waals surface area contributed by atoms with E-state index in [1.807, 2.05) is 12.1 Å². The molecule has 0 bridgehead atoms. The number of aryl methyl sites for hydroxylation is 1. The molecule has 1 aromatic carbocycles. The highest BCUT2D eigenvalue weighted by atomic mass is 79.9. The number of halogens is 1. The molecule has 1 atom stereocenters. The molecule has 100 valence electrons. The third-order valence-corrected chi connectivity index (χ3v) is 2.41. The van der Waals surface area contributed by atoms with Crippen LogP contribution >= 0.6 is 15.9 Å². The Labute approximate surface area is 114 Å². The highest BCUT2D eigenvalue weighted by Crippen LogP contribution is 2.09. The molecule has 18 heavy (non-hydrogen) atoms. The second-order valence-corrected chi connectivity index (χ2v) is 4.26. The van der Waals surface area contributed by atoms with E-state index in [0.29, 0.717) is 6.41 Å². The first kappa shape index (κ1) is 16.6. The minimum atomic E-state index is -0.942. The predicted octanol–water partition coefficient (Wildman–Crippen LogP) is 1.02. The number of carbonyl (C=O) groups is 2. The van der Waals surface area contributed by atoms with Crippen LogP contribution in [0.2, 0.25) is 0 Å². The first-order chi connectivity index (χ1) is 8.54. The van der Waals surface area contributed by atoms with Crippen LogP contribution in [0.25, 0.3) is 0 Å². The fourth-order valence-electron chi connectivity index (χ4n) is 1.03. The van der Waals surface area contributed by atoms with Crippen molar-refractivity contribution in [1.82, 2.24) is 5.32 Å². The van der Waals surface area contributed by atoms with Gasteiger partial charge in [-0.3, -0.25) is 4.79 Å². The lowest BCUT2D eigenvalue weighted by Gasteiger charge is -2.08. The van der Waals surface area contributed by atoms with E-state index in [1.54, 1.807) is 0 Å². The SMILES string of the molecule is COC(=O)[C@H](CO)NC=O.Cc1cccc(Br)c1. The molecule has 0 spiro atoms. The molecule has 6 heteroatoms. The van der Waals surface area contributed by atoms with Gasteiger partial charge in [0.1, 0.15) is 6.04 Å². The van der Waals surface area contributed by atoms with Gasteiger partial charge in [0, 0.05) is 4.47 Å². The van der Waals surface area contributed by atoms with Gasteiger partial charge in [-0.2, -0.15) is 0 Å². The maximum absolute atomic E-state index is 10.5. The molecule has 1 rings (SSSR count). The highest BCUT2D eigenvalue weighted by molar-refractivity contribution is 9.10. The molecule has 0 fully saturated rings. The summed E-state index contributed by atoms with van der Waals surface area (Å²) < 4.78 is 5.39. The summed E-state index contributed by atoms with van der Waals surface area (Å²) in [6.07, 6.45) is 0.331. The van der Waals surface area contributed by atoms with Crippen molar-refractivity contribution in [3.63, 3.8) is 0 Å². The summed E-state index contributed by atoms with van der Waals surface area (Å²) in [7, 11) is 1.18. The Morgan fingerprint density at radius 3 is 2.61 bits per heavy atom. The second-order valence-electron chi connectivity index (χ2n) is 3.34. The van der Waals surface area contributed by atoms with Crippen molar-refractivity contribution in [3.8, 4) is 0 Å². The maximum Gasteiger partial charge on any atom is 0.330 e. The Morgan fingerprint density at radius 1 is 1.61 bits per heavy atom. The lowest BCUT2D eigenvalue weighted by Crippen LogP contribution is -2.39. The summed E-state index contributed by atoms with van der Waals surface area (Å²) in [5.41, 5.74) is 1.29. The van der Waals surface area contributed by atoms with Crippen molar-refractivity contribution < 1.29 is 19.4 Å². The zero-order valence-corrected chi connectivity index (χ0v) is 11.8. The van der Waals surface area contributed by atoms with Gasteiger partial charge in [0.15, 0.2) is 0 Å². The number of amides is 1. The molecule has 1 aromatic rings. The molecule has 0 aliphatic carbocycles. The number of benzene rings is 1. The fraction of sp³-hybridized carbons (Fsp3) is 0.333. The van der Waals surface area contributed by atoms with Crippen LogP contribution in [0.4, 0.5) is 0 Å². The van der Waals surface area contributed by atoms with Crippen LogP contribution in [0.15, 0.2) is 28.7 Å². The predicted molar refractivity (Wildman–Crippen MR) is 71.0 cm³/mol. The summed E-state index contributed by atoms with van der Waals surface area (Å²) in [5, 5.41) is 10.5. The van der Waals surface area contributed by atoms with Gasteiger partial charge in [0.2, 0.25) is 6.41 Å². The Morgan fingerprint density at radius 2 is 2.28 bits per heavy atom. The van der Waals surface area contributed by atoms with Gasteiger partial charge in [-0.25, -0.2) is 4.79 Å². The monoisotopic (exact) mass is 317 g/mol. The van der Waals surface area contributed by atoms with Crippen molar-refractivity contribution in [2.24, 2.45) is 0 Å². The van der Waals surface area contributed by atoms with E-state index in [1.165, 1.54) is 12.7 Å². The third kappa shape index (κ3) is 7.03. The van der Waals surface area contributed by atoms with E-state index >= 15 is 0 Å². The molecule has 1 amide bonds. The average molecular weight is 318 g/mol. The first-order valence-electron chi connectivity index (χ1n) is 5.15. The van der Waals surface area contributed by atoms with Gasteiger partial charge in [-0.1, -0.05) is 33.6 Å². The zero-order chi connectivity index (χ0) is 14.0. The molecule has 0 radical (unpaired) electrons. The zero-order valence-electron chi connectivity index (χ0n) is 10.2. The van der Waals surface area contributed by atoms with Crippen LogP contribution in [0.5, 0.6) is 0 Å². The van der Waals surface area contributed by atoms with Gasteiger partial charge in [-0.05, 0) is 19.1 Å². The Hall–Kier alpha value is -1.40. The van der Waals surface area contributed by atoms with Crippen molar-refractivity contribution in [1.29, 1.82) is 0 Å². The largest absolute Gasteiger partial charge is 0.467 e. The minimum absolute atomic E-state index is 0.331. The number of methoxy groups -OCH3 is 1. The van der Waals surface area contributed by atoms with Gasteiger partial charge >= 0.3 is 5.97 Å². The third-order valence-electron chi connectivity index (χ3n) is 1.92. The van der Waals surface area contributed by atoms with Gasteiger partial charge < -0.3 is 15.2 Å². The van der Waals surface area contributed by atoms with Crippen LogP contribution < -0.4 is 5.32 Å². The number of esters is 1. The number of nitrogens with one attached hydrogen (secondary N) is 1. The topological polar surface area (TPSA) is 75.6 Å². The molecule has 0 heterocycles. The second kappa shape index (κ2) is 9.61. The lowest BCUT2D eigenvalue weighted by atomic mass is 10.2. The first-order valence-corrected chi connectivity index (χ1v) is 5.95. The Bertz CT molecular complexity index is 367. The minimum Gasteiger partial charge on any atom is -0.467 e. The molecule has 0 saturated carbocycles. The Balaban J connectivity index is 0.000000327. The van der Waals surface area contributed by atoms with Crippen molar-refractivity contribution in [2.45, 2.75) is 13.0 Å². The maximum atomic E-state index is 10.5. The fourth-order valence-corrected chi connectivity index (χ4v) is 1.54. The number of hydrogen-bond donors (Lipinski definition) is 2. The molecular weight excluding hydrogens is 302 g/mol. The average Bonchev–Trinajstić information content (AvgIpc) is 2.35. The Kier molecular flexibility index (Phi) is 8.86. The van der Waals surface area contributed by atoms with Crippen LogP contribution in [0.3, 0.4) is 0 Å². The van der Waals surface area contributed by atoms with Gasteiger partial charge in [-0.15, -0.1) is 0 Å². The molecule has 0 saturated heterocycles. The molecule has 0 aromatic heterocycles. The molecule has 0 aliphatic heterocycles. The van der Waals surface area contributed by atoms with Crippen LogP contribution in [-0.2, 0) is 14.3 Å². The lowest BCUT2D eigenvalue weighted by molar-refractivity contribution is -0.145. The summed E-state index contributed by atoms with van der Waals surface area (Å²) in [6.45, 7) is 1.62. The standard InChI is InChI=1S/C7H7Br.C5H9NO4/c1-6-3-2-4-7(8)5-6;1-10-5(9)4(2-7)6-3-8/h2-5H,1H3;3-4,7H,2H2,1H3,(H,6,8)/t;4-/m.0/s1. The summed E-state index contributed by atoms with van der Waals surface area (Å²) in [6, 6.07) is 7.26. The number of rotatable bonds is 4. The quantitative estimate of drug-likeness (QED) is 0.642. The molecule has 0 aliphatic rings. The van der Waals surface area contributed by atoms with E-state index in [2.05, 4.69) is 45.0 Å². The molecular formula is C12H16BrNO4. The van der Waals surface area contributed by atoms with E-state index in [4.69, 9.17) is 5.11 Å². The number of hydrogen-bond acceptors (Lipinski definition) is 4.